The molecular formula is C17H14BrN5O2S3. The zero-order valence-electron chi connectivity index (χ0n) is 14.6. The number of esters is 1. The van der Waals surface area contributed by atoms with E-state index in [0.717, 1.165) is 21.5 Å². The van der Waals surface area contributed by atoms with E-state index in [9.17, 15) is 10.1 Å². The standard InChI is InChI=1S/C17H14BrN5O2S3/c1-2-25-15(24)13-12(11(7-19)14(20)27-13)8-26-17-23-22-16(28-17)21-10-5-3-4-9(18)6-10/h3-6H,2,8,20H2,1H3,(H,21,22). The van der Waals surface area contributed by atoms with Crippen LogP contribution in [0.4, 0.5) is 15.8 Å². The normalized spacial score (nSPS) is 10.5. The second kappa shape index (κ2) is 9.38. The van der Waals surface area contributed by atoms with Crippen LogP contribution in [0.3, 0.4) is 0 Å². The summed E-state index contributed by atoms with van der Waals surface area (Å²) in [7, 11) is 0. The Balaban J connectivity index is 1.73. The number of nitrogens with two attached hydrogens (primary N) is 1. The molecule has 0 unspecified atom stereocenters. The minimum atomic E-state index is -0.467. The number of rotatable bonds is 7. The number of aromatic nitrogens is 2. The maximum Gasteiger partial charge on any atom is 0.348 e. The summed E-state index contributed by atoms with van der Waals surface area (Å²) in [6.45, 7) is 1.99. The van der Waals surface area contributed by atoms with Gasteiger partial charge in [-0.05, 0) is 25.1 Å². The molecule has 1 aromatic carbocycles. The monoisotopic (exact) mass is 495 g/mol. The summed E-state index contributed by atoms with van der Waals surface area (Å²) in [6, 6.07) is 9.80. The van der Waals surface area contributed by atoms with Gasteiger partial charge in [0.15, 0.2) is 4.34 Å². The maximum atomic E-state index is 12.2. The van der Waals surface area contributed by atoms with Crippen LogP contribution in [0.15, 0.2) is 33.1 Å². The lowest BCUT2D eigenvalue weighted by Gasteiger charge is -2.03. The van der Waals surface area contributed by atoms with E-state index in [1.807, 2.05) is 24.3 Å². The van der Waals surface area contributed by atoms with E-state index in [4.69, 9.17) is 10.5 Å². The Bertz CT molecular complexity index is 1040. The number of halogens is 1. The molecule has 2 aromatic heterocycles. The van der Waals surface area contributed by atoms with E-state index in [-0.39, 0.29) is 6.61 Å². The van der Waals surface area contributed by atoms with Gasteiger partial charge in [-0.25, -0.2) is 4.79 Å². The van der Waals surface area contributed by atoms with Crippen LogP contribution in [-0.4, -0.2) is 22.8 Å². The number of hydrogen-bond donors (Lipinski definition) is 2. The lowest BCUT2D eigenvalue weighted by atomic mass is 10.2. The number of carbonyl (C=O) groups excluding carboxylic acids is 1. The minimum Gasteiger partial charge on any atom is -0.462 e. The van der Waals surface area contributed by atoms with Crippen molar-refractivity contribution in [2.24, 2.45) is 0 Å². The summed E-state index contributed by atoms with van der Waals surface area (Å²) in [5.74, 6) is -0.0958. The molecule has 0 saturated heterocycles. The van der Waals surface area contributed by atoms with Crippen LogP contribution in [0, 0.1) is 11.3 Å². The molecule has 0 aliphatic heterocycles. The van der Waals surface area contributed by atoms with Gasteiger partial charge in [-0.3, -0.25) is 0 Å². The van der Waals surface area contributed by atoms with Gasteiger partial charge >= 0.3 is 5.97 Å². The second-order valence-corrected chi connectivity index (χ2v) is 9.45. The van der Waals surface area contributed by atoms with Crippen LogP contribution in [-0.2, 0) is 10.5 Å². The van der Waals surface area contributed by atoms with Gasteiger partial charge in [0.25, 0.3) is 0 Å². The van der Waals surface area contributed by atoms with Gasteiger partial charge in [0, 0.05) is 21.5 Å². The number of benzene rings is 1. The summed E-state index contributed by atoms with van der Waals surface area (Å²) in [4.78, 5) is 12.5. The summed E-state index contributed by atoms with van der Waals surface area (Å²) < 4.78 is 6.74. The lowest BCUT2D eigenvalue weighted by Crippen LogP contribution is -2.05. The second-order valence-electron chi connectivity index (χ2n) is 5.28. The number of hydrogen-bond acceptors (Lipinski definition) is 10. The fourth-order valence-corrected chi connectivity index (χ4v) is 5.47. The van der Waals surface area contributed by atoms with Crippen molar-refractivity contribution in [3.05, 3.63) is 44.7 Å². The van der Waals surface area contributed by atoms with Crippen molar-refractivity contribution in [3.63, 3.8) is 0 Å². The van der Waals surface area contributed by atoms with Crippen LogP contribution in [0.1, 0.15) is 27.7 Å². The summed E-state index contributed by atoms with van der Waals surface area (Å²) >= 11 is 7.27. The Kier molecular flexibility index (Phi) is 6.90. The number of anilines is 3. The van der Waals surface area contributed by atoms with E-state index >= 15 is 0 Å². The molecule has 0 fully saturated rings. The quantitative estimate of drug-likeness (QED) is 0.346. The predicted octanol–water partition coefficient (Wildman–Crippen LogP) is 5.03. The van der Waals surface area contributed by atoms with Gasteiger partial charge < -0.3 is 15.8 Å². The number of nitrogens with zero attached hydrogens (tertiary/aromatic N) is 3. The molecule has 11 heteroatoms. The van der Waals surface area contributed by atoms with Crippen LogP contribution in [0.25, 0.3) is 0 Å². The highest BCUT2D eigenvalue weighted by atomic mass is 79.9. The highest BCUT2D eigenvalue weighted by Gasteiger charge is 2.23. The fraction of sp³-hybridized carbons (Fsp3) is 0.176. The molecule has 0 aliphatic carbocycles. The number of thiophene rings is 1. The number of nitriles is 1. The first-order valence-corrected chi connectivity index (χ1v) is 11.4. The molecule has 2 heterocycles. The molecule has 0 aliphatic rings. The summed E-state index contributed by atoms with van der Waals surface area (Å²) in [6.07, 6.45) is 0. The molecule has 7 nitrogen and oxygen atoms in total. The smallest absolute Gasteiger partial charge is 0.348 e. The Morgan fingerprint density at radius 1 is 1.43 bits per heavy atom. The third-order valence-corrected chi connectivity index (χ3v) is 6.96. The maximum absolute atomic E-state index is 12.2. The first-order chi connectivity index (χ1) is 13.5. The fourth-order valence-electron chi connectivity index (χ4n) is 2.25. The van der Waals surface area contributed by atoms with Gasteiger partial charge in [0.1, 0.15) is 15.9 Å². The first kappa shape index (κ1) is 20.6. The third-order valence-electron chi connectivity index (χ3n) is 3.43. The van der Waals surface area contributed by atoms with Gasteiger partial charge in [-0.15, -0.1) is 21.5 Å². The van der Waals surface area contributed by atoms with Crippen molar-refractivity contribution in [1.29, 1.82) is 5.26 Å². The number of ether oxygens (including phenoxy) is 1. The van der Waals surface area contributed by atoms with Crippen molar-refractivity contribution < 1.29 is 9.53 Å². The Hall–Kier alpha value is -2.13. The van der Waals surface area contributed by atoms with E-state index in [1.165, 1.54) is 23.1 Å². The van der Waals surface area contributed by atoms with E-state index in [0.29, 0.717) is 36.2 Å². The molecule has 3 N–H and O–H groups in total. The zero-order valence-corrected chi connectivity index (χ0v) is 18.6. The van der Waals surface area contributed by atoms with Crippen molar-refractivity contribution in [2.75, 3.05) is 17.7 Å². The van der Waals surface area contributed by atoms with Crippen molar-refractivity contribution in [2.45, 2.75) is 17.0 Å². The molecule has 0 saturated carbocycles. The Morgan fingerprint density at radius 3 is 2.96 bits per heavy atom. The van der Waals surface area contributed by atoms with Gasteiger partial charge in [-0.2, -0.15) is 5.26 Å². The largest absolute Gasteiger partial charge is 0.462 e. The van der Waals surface area contributed by atoms with E-state index in [1.54, 1.807) is 6.92 Å². The lowest BCUT2D eigenvalue weighted by molar-refractivity contribution is 0.0531. The van der Waals surface area contributed by atoms with Gasteiger partial charge in [-0.1, -0.05) is 45.1 Å². The number of nitrogens with one attached hydrogen (secondary N) is 1. The van der Waals surface area contributed by atoms with E-state index in [2.05, 4.69) is 37.5 Å². The average Bonchev–Trinajstić information content (AvgIpc) is 3.23. The Labute approximate surface area is 182 Å². The van der Waals surface area contributed by atoms with E-state index < -0.39 is 5.97 Å². The molecule has 0 spiro atoms. The predicted molar refractivity (Wildman–Crippen MR) is 116 cm³/mol. The summed E-state index contributed by atoms with van der Waals surface area (Å²) in [5, 5.41) is 21.8. The number of carbonyl (C=O) groups is 1. The number of nitrogen functional groups attached to an aromatic ring is 1. The van der Waals surface area contributed by atoms with Crippen LogP contribution in [0.5, 0.6) is 0 Å². The highest BCUT2D eigenvalue weighted by Crippen LogP contribution is 2.37. The molecular weight excluding hydrogens is 482 g/mol. The molecule has 0 radical (unpaired) electrons. The number of thioether (sulfide) groups is 1. The van der Waals surface area contributed by atoms with Crippen molar-refractivity contribution in [1.82, 2.24) is 10.2 Å². The molecule has 144 valence electrons. The topological polar surface area (TPSA) is 114 Å². The summed E-state index contributed by atoms with van der Waals surface area (Å²) in [5.41, 5.74) is 7.68. The molecule has 3 aromatic rings. The molecule has 0 amide bonds. The Morgan fingerprint density at radius 2 is 2.25 bits per heavy atom. The zero-order chi connectivity index (χ0) is 20.1. The van der Waals surface area contributed by atoms with Crippen molar-refractivity contribution >= 4 is 72.2 Å². The first-order valence-electron chi connectivity index (χ1n) is 7.99. The van der Waals surface area contributed by atoms with Crippen LogP contribution in [0.2, 0.25) is 0 Å². The SMILES string of the molecule is CCOC(=O)c1sc(N)c(C#N)c1CSc1nnc(Nc2cccc(Br)c2)s1. The highest BCUT2D eigenvalue weighted by molar-refractivity contribution is 9.10. The molecule has 3 rings (SSSR count). The van der Waals surface area contributed by atoms with Crippen LogP contribution < -0.4 is 11.1 Å². The molecule has 0 atom stereocenters. The van der Waals surface area contributed by atoms with Crippen LogP contribution >= 0.6 is 50.4 Å². The van der Waals surface area contributed by atoms with Gasteiger partial charge in [0.2, 0.25) is 5.13 Å². The molecule has 0 bridgehead atoms. The molecule has 28 heavy (non-hydrogen) atoms. The average molecular weight is 496 g/mol. The van der Waals surface area contributed by atoms with Gasteiger partial charge in [0.05, 0.1) is 12.2 Å². The third kappa shape index (κ3) is 4.82. The van der Waals surface area contributed by atoms with Crippen molar-refractivity contribution in [3.8, 4) is 6.07 Å². The minimum absolute atomic E-state index is 0.256.